The quantitative estimate of drug-likeness (QED) is 0.725. The largest absolute Gasteiger partial charge is 0.342 e. The number of hydrogen-bond donors (Lipinski definition) is 1. The van der Waals surface area contributed by atoms with E-state index in [1.165, 1.54) is 51.0 Å². The fraction of sp³-hybridized carbons (Fsp3) is 0.588. The molecule has 1 aromatic heterocycles. The van der Waals surface area contributed by atoms with Crippen LogP contribution in [0.5, 0.6) is 0 Å². The summed E-state index contributed by atoms with van der Waals surface area (Å²) < 4.78 is 14.1. The normalized spacial score (nSPS) is 22.8. The zero-order chi connectivity index (χ0) is 14.8. The number of H-pyrrole nitrogens is 1. The van der Waals surface area contributed by atoms with Gasteiger partial charge in [-0.05, 0) is 53.6 Å². The lowest BCUT2D eigenvalue weighted by molar-refractivity contribution is 0.299. The number of nitrogens with one attached hydrogen (secondary N) is 1. The summed E-state index contributed by atoms with van der Waals surface area (Å²) in [5.74, 6) is 2.21. The van der Waals surface area contributed by atoms with Crippen LogP contribution >= 0.6 is 15.9 Å². The average Bonchev–Trinajstić information content (AvgIpc) is 2.89. The van der Waals surface area contributed by atoms with Crippen LogP contribution in [-0.2, 0) is 0 Å². The highest BCUT2D eigenvalue weighted by Gasteiger charge is 2.24. The minimum Gasteiger partial charge on any atom is -0.342 e. The molecule has 2 aromatic rings. The van der Waals surface area contributed by atoms with Gasteiger partial charge in [-0.15, -0.1) is 0 Å². The van der Waals surface area contributed by atoms with Crippen LogP contribution < -0.4 is 0 Å². The van der Waals surface area contributed by atoms with Crippen molar-refractivity contribution in [3.05, 3.63) is 28.2 Å². The van der Waals surface area contributed by atoms with Crippen LogP contribution in [0.2, 0.25) is 0 Å². The van der Waals surface area contributed by atoms with Crippen LogP contribution in [0.4, 0.5) is 4.39 Å². The molecule has 114 valence electrons. The monoisotopic (exact) mass is 352 g/mol. The molecule has 1 aliphatic carbocycles. The van der Waals surface area contributed by atoms with Gasteiger partial charge in [0, 0.05) is 12.0 Å². The van der Waals surface area contributed by atoms with Crippen molar-refractivity contribution < 1.29 is 4.39 Å². The standard InChI is InChI=1S/C17H22BrFN2/c1-2-3-4-11-5-7-12(8-6-11)17-20-15-9-13(18)14(19)10-16(15)21-17/h9-12H,2-8H2,1H3,(H,20,21). The topological polar surface area (TPSA) is 28.7 Å². The predicted molar refractivity (Wildman–Crippen MR) is 88.0 cm³/mol. The van der Waals surface area contributed by atoms with Gasteiger partial charge < -0.3 is 4.98 Å². The molecule has 0 aliphatic heterocycles. The minimum atomic E-state index is -0.235. The van der Waals surface area contributed by atoms with Gasteiger partial charge in [-0.3, -0.25) is 0 Å². The van der Waals surface area contributed by atoms with Crippen molar-refractivity contribution in [2.24, 2.45) is 5.92 Å². The molecule has 1 N–H and O–H groups in total. The first-order valence-corrected chi connectivity index (χ1v) is 8.81. The molecular formula is C17H22BrFN2. The fourth-order valence-electron chi connectivity index (χ4n) is 3.44. The third-order valence-electron chi connectivity index (χ3n) is 4.74. The van der Waals surface area contributed by atoms with Crippen molar-refractivity contribution in [3.8, 4) is 0 Å². The third-order valence-corrected chi connectivity index (χ3v) is 5.35. The van der Waals surface area contributed by atoms with Gasteiger partial charge in [0.15, 0.2) is 0 Å². The Bertz CT molecular complexity index is 576. The second-order valence-corrected chi connectivity index (χ2v) is 7.12. The van der Waals surface area contributed by atoms with E-state index in [2.05, 4.69) is 32.8 Å². The first-order valence-electron chi connectivity index (χ1n) is 8.02. The van der Waals surface area contributed by atoms with Crippen molar-refractivity contribution in [1.29, 1.82) is 0 Å². The first-order chi connectivity index (χ1) is 10.2. The molecule has 0 spiro atoms. The van der Waals surface area contributed by atoms with E-state index >= 15 is 0 Å². The van der Waals surface area contributed by atoms with Crippen molar-refractivity contribution in [1.82, 2.24) is 9.97 Å². The van der Waals surface area contributed by atoms with Crippen LogP contribution in [0.25, 0.3) is 11.0 Å². The van der Waals surface area contributed by atoms with Gasteiger partial charge in [0.25, 0.3) is 0 Å². The summed E-state index contributed by atoms with van der Waals surface area (Å²) >= 11 is 3.22. The molecule has 21 heavy (non-hydrogen) atoms. The first kappa shape index (κ1) is 15.0. The minimum absolute atomic E-state index is 0.235. The molecule has 1 aromatic carbocycles. The fourth-order valence-corrected chi connectivity index (χ4v) is 3.77. The summed E-state index contributed by atoms with van der Waals surface area (Å²) in [4.78, 5) is 7.99. The Morgan fingerprint density at radius 1 is 1.29 bits per heavy atom. The maximum Gasteiger partial charge on any atom is 0.139 e. The number of rotatable bonds is 4. The number of imidazole rings is 1. The number of aromatic amines is 1. The zero-order valence-corrected chi connectivity index (χ0v) is 14.0. The van der Waals surface area contributed by atoms with E-state index in [1.54, 1.807) is 6.07 Å². The molecule has 0 saturated heterocycles. The van der Waals surface area contributed by atoms with Crippen LogP contribution in [0, 0.1) is 11.7 Å². The van der Waals surface area contributed by atoms with Gasteiger partial charge in [-0.25, -0.2) is 9.37 Å². The molecule has 1 heterocycles. The van der Waals surface area contributed by atoms with E-state index in [-0.39, 0.29) is 5.82 Å². The average molecular weight is 353 g/mol. The molecule has 0 atom stereocenters. The molecule has 3 rings (SSSR count). The lowest BCUT2D eigenvalue weighted by Gasteiger charge is -2.27. The highest BCUT2D eigenvalue weighted by atomic mass is 79.9. The summed E-state index contributed by atoms with van der Waals surface area (Å²) in [5.41, 5.74) is 1.66. The van der Waals surface area contributed by atoms with E-state index in [9.17, 15) is 4.39 Å². The molecule has 4 heteroatoms. The Labute approximate surface area is 133 Å². The molecule has 0 amide bonds. The maximum atomic E-state index is 13.6. The summed E-state index contributed by atoms with van der Waals surface area (Å²) in [7, 11) is 0. The Kier molecular flexibility index (Phi) is 4.63. The molecule has 0 radical (unpaired) electrons. The van der Waals surface area contributed by atoms with Crippen LogP contribution in [0.1, 0.15) is 63.6 Å². The van der Waals surface area contributed by atoms with Gasteiger partial charge in [0.1, 0.15) is 11.6 Å². The number of unbranched alkanes of at least 4 members (excludes halogenated alkanes) is 1. The number of halogens is 2. The Balaban J connectivity index is 1.70. The zero-order valence-electron chi connectivity index (χ0n) is 12.5. The van der Waals surface area contributed by atoms with Crippen LogP contribution in [0.15, 0.2) is 16.6 Å². The van der Waals surface area contributed by atoms with E-state index in [0.717, 1.165) is 22.8 Å². The Morgan fingerprint density at radius 2 is 2.05 bits per heavy atom. The lowest BCUT2D eigenvalue weighted by Crippen LogP contribution is -2.14. The predicted octanol–water partition coefficient (Wildman–Crippen LogP) is 5.93. The summed E-state index contributed by atoms with van der Waals surface area (Å²) in [6, 6.07) is 3.29. The van der Waals surface area contributed by atoms with E-state index in [0.29, 0.717) is 10.4 Å². The molecule has 1 aliphatic rings. The van der Waals surface area contributed by atoms with Crippen molar-refractivity contribution in [2.75, 3.05) is 0 Å². The smallest absolute Gasteiger partial charge is 0.139 e. The van der Waals surface area contributed by atoms with E-state index in [1.807, 2.05) is 0 Å². The van der Waals surface area contributed by atoms with E-state index in [4.69, 9.17) is 0 Å². The molecule has 0 bridgehead atoms. The Hall–Kier alpha value is -0.900. The highest BCUT2D eigenvalue weighted by Crippen LogP contribution is 2.37. The van der Waals surface area contributed by atoms with Crippen molar-refractivity contribution >= 4 is 27.0 Å². The molecule has 1 saturated carbocycles. The maximum absolute atomic E-state index is 13.6. The molecular weight excluding hydrogens is 331 g/mol. The van der Waals surface area contributed by atoms with Gasteiger partial charge in [0.2, 0.25) is 0 Å². The van der Waals surface area contributed by atoms with Crippen molar-refractivity contribution in [3.63, 3.8) is 0 Å². The van der Waals surface area contributed by atoms with Gasteiger partial charge in [-0.1, -0.05) is 26.2 Å². The van der Waals surface area contributed by atoms with Crippen molar-refractivity contribution in [2.45, 2.75) is 57.8 Å². The summed E-state index contributed by atoms with van der Waals surface area (Å²) in [6.07, 6.45) is 9.05. The van der Waals surface area contributed by atoms with Gasteiger partial charge in [-0.2, -0.15) is 0 Å². The highest BCUT2D eigenvalue weighted by molar-refractivity contribution is 9.10. The van der Waals surface area contributed by atoms with Gasteiger partial charge >= 0.3 is 0 Å². The second kappa shape index (κ2) is 6.47. The molecule has 0 unspecified atom stereocenters. The number of fused-ring (bicyclic) bond motifs is 1. The number of nitrogens with zero attached hydrogens (tertiary/aromatic N) is 1. The Morgan fingerprint density at radius 3 is 2.76 bits per heavy atom. The number of hydrogen-bond acceptors (Lipinski definition) is 1. The third kappa shape index (κ3) is 3.31. The molecule has 2 nitrogen and oxygen atoms in total. The summed E-state index contributed by atoms with van der Waals surface area (Å²) in [5, 5.41) is 0. The second-order valence-electron chi connectivity index (χ2n) is 6.27. The SMILES string of the molecule is CCCCC1CCC(c2nc3cc(Br)c(F)cc3[nH]2)CC1. The van der Waals surface area contributed by atoms with Crippen LogP contribution in [0.3, 0.4) is 0 Å². The number of aromatic nitrogens is 2. The van der Waals surface area contributed by atoms with Crippen LogP contribution in [-0.4, -0.2) is 9.97 Å². The number of benzene rings is 1. The summed E-state index contributed by atoms with van der Waals surface area (Å²) in [6.45, 7) is 2.26. The lowest BCUT2D eigenvalue weighted by atomic mass is 9.79. The van der Waals surface area contributed by atoms with Gasteiger partial charge in [0.05, 0.1) is 15.5 Å². The molecule has 1 fully saturated rings. The van der Waals surface area contributed by atoms with E-state index < -0.39 is 0 Å².